The van der Waals surface area contributed by atoms with Gasteiger partial charge in [0.25, 0.3) is 0 Å². The van der Waals surface area contributed by atoms with Gasteiger partial charge in [0.2, 0.25) is 5.91 Å². The number of hydrogen-bond donors (Lipinski definition) is 2. The summed E-state index contributed by atoms with van der Waals surface area (Å²) in [7, 11) is 1.92. The molecule has 39 heavy (non-hydrogen) atoms. The van der Waals surface area contributed by atoms with E-state index in [1.807, 2.05) is 72.1 Å². The molecule has 0 saturated carbocycles. The molecular formula is C31H31N7O. The van der Waals surface area contributed by atoms with Crippen LogP contribution in [0, 0.1) is 5.41 Å². The Morgan fingerprint density at radius 1 is 1.10 bits per heavy atom. The van der Waals surface area contributed by atoms with Crippen molar-refractivity contribution in [3.8, 4) is 11.1 Å². The molecule has 1 aromatic carbocycles. The minimum Gasteiger partial charge on any atom is -0.383 e. The number of hydrogen-bond acceptors (Lipinski definition) is 6. The Morgan fingerprint density at radius 2 is 1.90 bits per heavy atom. The molecule has 6 rings (SSSR count). The van der Waals surface area contributed by atoms with E-state index in [0.717, 1.165) is 64.0 Å². The molecule has 1 aliphatic carbocycles. The van der Waals surface area contributed by atoms with E-state index in [1.54, 1.807) is 6.20 Å². The molecule has 0 saturated heterocycles. The van der Waals surface area contributed by atoms with Crippen LogP contribution in [0.3, 0.4) is 0 Å². The summed E-state index contributed by atoms with van der Waals surface area (Å²) in [5.74, 6) is 1.04. The highest BCUT2D eigenvalue weighted by Gasteiger charge is 2.47. The average molecular weight is 518 g/mol. The van der Waals surface area contributed by atoms with Gasteiger partial charge in [-0.3, -0.25) is 9.69 Å². The van der Waals surface area contributed by atoms with E-state index in [1.165, 1.54) is 6.33 Å². The van der Waals surface area contributed by atoms with Crippen LogP contribution in [0.1, 0.15) is 32.6 Å². The normalized spacial score (nSPS) is 19.4. The molecule has 3 aromatic heterocycles. The number of fused-ring (bicyclic) bond motifs is 1. The molecule has 0 fully saturated rings. The Labute approximate surface area is 227 Å². The number of benzene rings is 1. The van der Waals surface area contributed by atoms with Crippen LogP contribution in [-0.4, -0.2) is 25.4 Å². The topological polar surface area (TPSA) is 102 Å². The second kappa shape index (κ2) is 9.23. The van der Waals surface area contributed by atoms with E-state index in [2.05, 4.69) is 33.4 Å². The Hall–Kier alpha value is -4.72. The Bertz CT molecular complexity index is 1670. The summed E-state index contributed by atoms with van der Waals surface area (Å²) in [6.07, 6.45) is 8.57. The third-order valence-electron chi connectivity index (χ3n) is 7.96. The van der Waals surface area contributed by atoms with Crippen molar-refractivity contribution in [3.05, 3.63) is 96.9 Å². The molecule has 4 aromatic rings. The number of nitrogens with two attached hydrogens (primary N) is 1. The summed E-state index contributed by atoms with van der Waals surface area (Å²) in [5, 5.41) is 4.13. The number of rotatable bonds is 5. The standard InChI is InChI=1S/C31H31N7O/c1-19-9-8-12-25-23(19)15-31(3,30(39)38(25)22-10-6-5-7-11-22)20(2)36-26-14-13-21(16-33-26)24-17-37(4)29-27(24)28(32)34-18-35-29/h5-7,10-11,13-14,16-18H,1-2,8-9,12,15H2,3-4H3,(H,33,36)(H2,32,34,35). The van der Waals surface area contributed by atoms with E-state index in [0.29, 0.717) is 23.8 Å². The fraction of sp³-hybridized carbons (Fsp3) is 0.226. The summed E-state index contributed by atoms with van der Waals surface area (Å²) in [6.45, 7) is 10.6. The van der Waals surface area contributed by atoms with Crippen LogP contribution < -0.4 is 16.0 Å². The third-order valence-corrected chi connectivity index (χ3v) is 7.96. The molecule has 1 unspecified atom stereocenters. The molecule has 4 heterocycles. The second-order valence-electron chi connectivity index (χ2n) is 10.5. The molecule has 1 aliphatic heterocycles. The van der Waals surface area contributed by atoms with Crippen molar-refractivity contribution in [2.24, 2.45) is 12.5 Å². The number of nitrogens with one attached hydrogen (secondary N) is 1. The first-order valence-corrected chi connectivity index (χ1v) is 13.1. The lowest BCUT2D eigenvalue weighted by Crippen LogP contribution is -2.49. The number of para-hydroxylation sites is 1. The fourth-order valence-electron chi connectivity index (χ4n) is 5.71. The molecule has 2 aliphatic rings. The number of nitrogen functional groups attached to an aromatic ring is 1. The number of aromatic nitrogens is 4. The highest BCUT2D eigenvalue weighted by atomic mass is 16.2. The highest BCUT2D eigenvalue weighted by Crippen LogP contribution is 2.48. The lowest BCUT2D eigenvalue weighted by molar-refractivity contribution is -0.125. The summed E-state index contributed by atoms with van der Waals surface area (Å²) >= 11 is 0. The van der Waals surface area contributed by atoms with E-state index < -0.39 is 5.41 Å². The number of nitrogens with zero attached hydrogens (tertiary/aromatic N) is 5. The zero-order chi connectivity index (χ0) is 27.3. The summed E-state index contributed by atoms with van der Waals surface area (Å²) < 4.78 is 1.92. The van der Waals surface area contributed by atoms with Crippen molar-refractivity contribution in [1.29, 1.82) is 0 Å². The first kappa shape index (κ1) is 24.6. The maximum Gasteiger partial charge on any atom is 0.243 e. The predicted octanol–water partition coefficient (Wildman–Crippen LogP) is 5.98. The molecule has 8 nitrogen and oxygen atoms in total. The largest absolute Gasteiger partial charge is 0.383 e. The van der Waals surface area contributed by atoms with E-state index in [9.17, 15) is 4.79 Å². The monoisotopic (exact) mass is 517 g/mol. The van der Waals surface area contributed by atoms with Crippen molar-refractivity contribution in [1.82, 2.24) is 19.5 Å². The van der Waals surface area contributed by atoms with Crippen molar-refractivity contribution in [2.45, 2.75) is 32.6 Å². The molecule has 1 atom stereocenters. The Kier molecular flexibility index (Phi) is 5.83. The van der Waals surface area contributed by atoms with Crippen LogP contribution in [0.15, 0.2) is 96.9 Å². The first-order valence-electron chi connectivity index (χ1n) is 13.1. The van der Waals surface area contributed by atoms with Gasteiger partial charge in [-0.15, -0.1) is 0 Å². The Morgan fingerprint density at radius 3 is 2.64 bits per heavy atom. The molecule has 196 valence electrons. The molecule has 0 spiro atoms. The quantitative estimate of drug-likeness (QED) is 0.338. The van der Waals surface area contributed by atoms with Crippen LogP contribution in [0.4, 0.5) is 17.3 Å². The minimum absolute atomic E-state index is 0.00232. The van der Waals surface area contributed by atoms with Crippen LogP contribution in [0.2, 0.25) is 0 Å². The SMILES string of the molecule is C=C1CCCC2=C1CC(C)(C(=C)Nc1ccc(-c3cn(C)c4ncnc(N)c34)cn1)C(=O)N2c1ccccc1. The van der Waals surface area contributed by atoms with Crippen molar-refractivity contribution >= 4 is 34.3 Å². The van der Waals surface area contributed by atoms with Gasteiger partial charge < -0.3 is 15.6 Å². The van der Waals surface area contributed by atoms with Crippen LogP contribution in [0.5, 0.6) is 0 Å². The Balaban J connectivity index is 1.31. The van der Waals surface area contributed by atoms with Crippen molar-refractivity contribution < 1.29 is 4.79 Å². The van der Waals surface area contributed by atoms with Crippen LogP contribution >= 0.6 is 0 Å². The van der Waals surface area contributed by atoms with E-state index >= 15 is 0 Å². The van der Waals surface area contributed by atoms with Gasteiger partial charge in [0.15, 0.2) is 0 Å². The first-order chi connectivity index (χ1) is 18.8. The summed E-state index contributed by atoms with van der Waals surface area (Å²) in [5.41, 5.74) is 12.6. The van der Waals surface area contributed by atoms with E-state index in [-0.39, 0.29) is 5.91 Å². The van der Waals surface area contributed by atoms with E-state index in [4.69, 9.17) is 5.73 Å². The summed E-state index contributed by atoms with van der Waals surface area (Å²) in [4.78, 5) is 29.2. The number of amides is 1. The van der Waals surface area contributed by atoms with Gasteiger partial charge in [-0.2, -0.15) is 0 Å². The van der Waals surface area contributed by atoms with Gasteiger partial charge in [0.05, 0.1) is 10.8 Å². The molecule has 0 radical (unpaired) electrons. The number of aryl methyl sites for hydroxylation is 1. The maximum absolute atomic E-state index is 14.2. The number of carbonyl (C=O) groups is 1. The predicted molar refractivity (Wildman–Crippen MR) is 156 cm³/mol. The minimum atomic E-state index is -0.878. The van der Waals surface area contributed by atoms with Crippen LogP contribution in [-0.2, 0) is 11.8 Å². The zero-order valence-electron chi connectivity index (χ0n) is 22.2. The van der Waals surface area contributed by atoms with Crippen molar-refractivity contribution in [2.75, 3.05) is 16.0 Å². The van der Waals surface area contributed by atoms with Gasteiger partial charge in [-0.1, -0.05) is 36.9 Å². The number of allylic oxidation sites excluding steroid dienone is 3. The molecule has 0 bridgehead atoms. The molecule has 3 N–H and O–H groups in total. The highest BCUT2D eigenvalue weighted by molar-refractivity contribution is 6.04. The lowest BCUT2D eigenvalue weighted by atomic mass is 9.71. The maximum atomic E-state index is 14.2. The molecule has 8 heteroatoms. The zero-order valence-corrected chi connectivity index (χ0v) is 22.2. The second-order valence-corrected chi connectivity index (χ2v) is 10.5. The smallest absolute Gasteiger partial charge is 0.243 e. The van der Waals surface area contributed by atoms with Gasteiger partial charge in [0, 0.05) is 47.6 Å². The number of carbonyl (C=O) groups excluding carboxylic acids is 1. The van der Waals surface area contributed by atoms with Gasteiger partial charge in [-0.25, -0.2) is 15.0 Å². The lowest BCUT2D eigenvalue weighted by Gasteiger charge is -2.45. The average Bonchev–Trinajstić information content (AvgIpc) is 3.28. The molecule has 1 amide bonds. The van der Waals surface area contributed by atoms with Crippen LogP contribution in [0.25, 0.3) is 22.2 Å². The fourth-order valence-corrected chi connectivity index (χ4v) is 5.71. The molecular weight excluding hydrogens is 486 g/mol. The number of pyridine rings is 1. The third kappa shape index (κ3) is 4.00. The van der Waals surface area contributed by atoms with Gasteiger partial charge in [0.1, 0.15) is 23.6 Å². The summed E-state index contributed by atoms with van der Waals surface area (Å²) in [6, 6.07) is 13.7. The van der Waals surface area contributed by atoms with Gasteiger partial charge in [-0.05, 0) is 62.4 Å². The van der Waals surface area contributed by atoms with Crippen molar-refractivity contribution in [3.63, 3.8) is 0 Å². The van der Waals surface area contributed by atoms with Gasteiger partial charge >= 0.3 is 0 Å². The number of anilines is 3.